The molecule has 0 radical (unpaired) electrons. The Morgan fingerprint density at radius 1 is 1.12 bits per heavy atom. The van der Waals surface area contributed by atoms with Gasteiger partial charge in [-0.25, -0.2) is 4.98 Å². The van der Waals surface area contributed by atoms with Crippen LogP contribution in [0, 0.1) is 24.7 Å². The lowest BCUT2D eigenvalue weighted by Crippen LogP contribution is -2.48. The molecular weight excluding hydrogens is 300 g/mol. The van der Waals surface area contributed by atoms with Crippen molar-refractivity contribution in [1.82, 2.24) is 24.5 Å². The van der Waals surface area contributed by atoms with Crippen molar-refractivity contribution in [3.05, 3.63) is 30.2 Å². The van der Waals surface area contributed by atoms with Crippen LogP contribution in [0.4, 0.5) is 5.82 Å². The summed E-state index contributed by atoms with van der Waals surface area (Å²) >= 11 is 0. The molecule has 2 bridgehead atoms. The van der Waals surface area contributed by atoms with Gasteiger partial charge in [0.1, 0.15) is 12.1 Å². The number of rotatable bonds is 3. The van der Waals surface area contributed by atoms with Crippen molar-refractivity contribution < 1.29 is 0 Å². The monoisotopic (exact) mass is 324 g/mol. The molecule has 24 heavy (non-hydrogen) atoms. The van der Waals surface area contributed by atoms with Crippen LogP contribution in [0.1, 0.15) is 18.5 Å². The summed E-state index contributed by atoms with van der Waals surface area (Å²) in [5, 5.41) is 4.34. The first-order valence-electron chi connectivity index (χ1n) is 9.09. The lowest BCUT2D eigenvalue weighted by atomic mass is 9.93. The van der Waals surface area contributed by atoms with E-state index in [1.165, 1.54) is 19.4 Å². The zero-order chi connectivity index (χ0) is 16.1. The summed E-state index contributed by atoms with van der Waals surface area (Å²) in [6.45, 7) is 7.67. The van der Waals surface area contributed by atoms with Gasteiger partial charge in [-0.05, 0) is 37.5 Å². The fourth-order valence-corrected chi connectivity index (χ4v) is 4.73. The van der Waals surface area contributed by atoms with Gasteiger partial charge in [-0.2, -0.15) is 14.6 Å². The Kier molecular flexibility index (Phi) is 3.33. The molecule has 1 saturated heterocycles. The minimum Gasteiger partial charge on any atom is -0.354 e. The van der Waals surface area contributed by atoms with E-state index >= 15 is 0 Å². The van der Waals surface area contributed by atoms with Crippen molar-refractivity contribution in [3.8, 4) is 0 Å². The van der Waals surface area contributed by atoms with Crippen molar-refractivity contribution in [2.24, 2.45) is 17.8 Å². The van der Waals surface area contributed by atoms with E-state index in [9.17, 15) is 0 Å². The molecular formula is C18H24N6. The summed E-state index contributed by atoms with van der Waals surface area (Å²) in [5.74, 6) is 4.43. The van der Waals surface area contributed by atoms with Gasteiger partial charge < -0.3 is 4.90 Å². The molecule has 3 aliphatic rings. The van der Waals surface area contributed by atoms with E-state index in [-0.39, 0.29) is 0 Å². The first kappa shape index (κ1) is 14.4. The smallest absolute Gasteiger partial charge is 0.254 e. The average Bonchev–Trinajstić information content (AvgIpc) is 3.31. The molecule has 0 spiro atoms. The Bertz CT molecular complexity index is 773. The van der Waals surface area contributed by atoms with Crippen molar-refractivity contribution in [3.63, 3.8) is 0 Å². The van der Waals surface area contributed by atoms with Gasteiger partial charge in [-0.3, -0.25) is 4.90 Å². The second-order valence-corrected chi connectivity index (χ2v) is 7.56. The summed E-state index contributed by atoms with van der Waals surface area (Å²) in [6.07, 6.45) is 9.31. The molecule has 3 heterocycles. The maximum atomic E-state index is 4.44. The molecule has 3 atom stereocenters. The minimum absolute atomic E-state index is 0.696. The molecule has 0 unspecified atom stereocenters. The van der Waals surface area contributed by atoms with E-state index in [2.05, 4.69) is 43.1 Å². The number of nitrogens with zero attached hydrogens (tertiary/aromatic N) is 6. The van der Waals surface area contributed by atoms with Gasteiger partial charge in [0, 0.05) is 44.5 Å². The number of allylic oxidation sites excluding steroid dienone is 2. The number of hydrogen-bond donors (Lipinski definition) is 0. The van der Waals surface area contributed by atoms with Crippen LogP contribution in [0.2, 0.25) is 0 Å². The normalized spacial score (nSPS) is 29.9. The van der Waals surface area contributed by atoms with Crippen LogP contribution in [0.25, 0.3) is 5.78 Å². The van der Waals surface area contributed by atoms with E-state index in [1.54, 1.807) is 6.33 Å². The topological polar surface area (TPSA) is 49.6 Å². The molecule has 0 amide bonds. The largest absolute Gasteiger partial charge is 0.354 e. The van der Waals surface area contributed by atoms with Crippen LogP contribution >= 0.6 is 0 Å². The molecule has 0 N–H and O–H groups in total. The molecule has 2 aromatic rings. The molecule has 2 aromatic heterocycles. The number of hydrogen-bond acceptors (Lipinski definition) is 5. The van der Waals surface area contributed by atoms with Crippen molar-refractivity contribution in [2.45, 2.75) is 19.8 Å². The fourth-order valence-electron chi connectivity index (χ4n) is 4.73. The Balaban J connectivity index is 1.26. The predicted octanol–water partition coefficient (Wildman–Crippen LogP) is 1.77. The number of anilines is 1. The molecule has 6 heteroatoms. The van der Waals surface area contributed by atoms with E-state index in [0.29, 0.717) is 5.78 Å². The average molecular weight is 324 g/mol. The molecule has 2 fully saturated rings. The summed E-state index contributed by atoms with van der Waals surface area (Å²) in [5.41, 5.74) is 1.00. The molecule has 1 saturated carbocycles. The van der Waals surface area contributed by atoms with Crippen LogP contribution in [0.15, 0.2) is 24.5 Å². The van der Waals surface area contributed by atoms with Crippen LogP contribution < -0.4 is 4.90 Å². The van der Waals surface area contributed by atoms with Gasteiger partial charge in [0.2, 0.25) is 0 Å². The Morgan fingerprint density at radius 3 is 2.75 bits per heavy atom. The van der Waals surface area contributed by atoms with Crippen LogP contribution in [0.3, 0.4) is 0 Å². The van der Waals surface area contributed by atoms with Gasteiger partial charge in [-0.1, -0.05) is 12.2 Å². The first-order valence-corrected chi connectivity index (χ1v) is 9.09. The molecule has 6 nitrogen and oxygen atoms in total. The summed E-state index contributed by atoms with van der Waals surface area (Å²) < 4.78 is 1.86. The molecule has 2 aliphatic carbocycles. The van der Waals surface area contributed by atoms with E-state index in [4.69, 9.17) is 0 Å². The molecule has 1 aliphatic heterocycles. The maximum Gasteiger partial charge on any atom is 0.254 e. The Hall–Kier alpha value is -1.95. The van der Waals surface area contributed by atoms with Crippen molar-refractivity contribution in [2.75, 3.05) is 37.6 Å². The predicted molar refractivity (Wildman–Crippen MR) is 93.0 cm³/mol. The van der Waals surface area contributed by atoms with Gasteiger partial charge in [-0.15, -0.1) is 0 Å². The number of aromatic nitrogens is 4. The third-order valence-corrected chi connectivity index (χ3v) is 5.97. The Morgan fingerprint density at radius 2 is 2.00 bits per heavy atom. The van der Waals surface area contributed by atoms with Crippen LogP contribution in [0.5, 0.6) is 0 Å². The highest BCUT2D eigenvalue weighted by Gasteiger charge is 2.36. The van der Waals surface area contributed by atoms with E-state index in [0.717, 1.165) is 55.4 Å². The van der Waals surface area contributed by atoms with Crippen molar-refractivity contribution in [1.29, 1.82) is 0 Å². The summed E-state index contributed by atoms with van der Waals surface area (Å²) in [4.78, 5) is 13.8. The first-order chi connectivity index (χ1) is 11.8. The lowest BCUT2D eigenvalue weighted by Gasteiger charge is -2.37. The van der Waals surface area contributed by atoms with Crippen LogP contribution in [-0.2, 0) is 0 Å². The number of aryl methyl sites for hydroxylation is 1. The quantitative estimate of drug-likeness (QED) is 0.805. The SMILES string of the molecule is Cc1cc(N2CCN(C[C@@H]3C[C@H]4C=C[C@H]3C4)CC2)n2ncnc2n1. The number of fused-ring (bicyclic) bond motifs is 3. The maximum absolute atomic E-state index is 4.44. The second kappa shape index (κ2) is 5.55. The van der Waals surface area contributed by atoms with Crippen molar-refractivity contribution >= 4 is 11.6 Å². The highest BCUT2D eigenvalue weighted by atomic mass is 15.4. The lowest BCUT2D eigenvalue weighted by molar-refractivity contribution is 0.203. The van der Waals surface area contributed by atoms with Gasteiger partial charge >= 0.3 is 0 Å². The van der Waals surface area contributed by atoms with Crippen LogP contribution in [-0.4, -0.2) is 57.2 Å². The summed E-state index contributed by atoms with van der Waals surface area (Å²) in [6, 6.07) is 2.12. The highest BCUT2D eigenvalue weighted by Crippen LogP contribution is 2.43. The second-order valence-electron chi connectivity index (χ2n) is 7.56. The van der Waals surface area contributed by atoms with E-state index < -0.39 is 0 Å². The van der Waals surface area contributed by atoms with Gasteiger partial charge in [0.15, 0.2) is 0 Å². The highest BCUT2D eigenvalue weighted by molar-refractivity contribution is 5.47. The van der Waals surface area contributed by atoms with Gasteiger partial charge in [0.05, 0.1) is 0 Å². The van der Waals surface area contributed by atoms with Gasteiger partial charge in [0.25, 0.3) is 5.78 Å². The number of piperazine rings is 1. The Labute approximate surface area is 142 Å². The zero-order valence-electron chi connectivity index (χ0n) is 14.2. The molecule has 5 rings (SSSR count). The third kappa shape index (κ3) is 2.40. The fraction of sp³-hybridized carbons (Fsp3) is 0.611. The van der Waals surface area contributed by atoms with E-state index in [1.807, 2.05) is 11.4 Å². The third-order valence-electron chi connectivity index (χ3n) is 5.97. The standard InChI is InChI=1S/C18H24N6/c1-13-8-17(24-18(21-13)19-12-20-24)23-6-4-22(5-7-23)11-16-10-14-2-3-15(16)9-14/h2-3,8,12,14-16H,4-7,9-11H2,1H3/t14-,15-,16-/m0/s1. The summed E-state index contributed by atoms with van der Waals surface area (Å²) in [7, 11) is 0. The minimum atomic E-state index is 0.696. The molecule has 126 valence electrons. The zero-order valence-corrected chi connectivity index (χ0v) is 14.2. The molecule has 0 aromatic carbocycles.